The van der Waals surface area contributed by atoms with E-state index in [1.54, 1.807) is 0 Å². The van der Waals surface area contributed by atoms with Gasteiger partial charge in [-0.25, -0.2) is 0 Å². The summed E-state index contributed by atoms with van der Waals surface area (Å²) >= 11 is 0. The Bertz CT molecular complexity index is 331. The minimum absolute atomic E-state index is 0.685. The first-order valence-corrected chi connectivity index (χ1v) is 6.39. The van der Waals surface area contributed by atoms with Gasteiger partial charge in [-0.3, -0.25) is 0 Å². The quantitative estimate of drug-likeness (QED) is 0.819. The van der Waals surface area contributed by atoms with E-state index < -0.39 is 0 Å². The molecule has 0 spiro atoms. The molecule has 1 fully saturated rings. The van der Waals surface area contributed by atoms with E-state index in [1.807, 2.05) is 0 Å². The predicted octanol–water partition coefficient (Wildman–Crippen LogP) is 3.28. The Hall–Kier alpha value is -0.820. The van der Waals surface area contributed by atoms with Crippen molar-refractivity contribution in [2.24, 2.45) is 17.8 Å². The second-order valence-corrected chi connectivity index (χ2v) is 5.43. The molecule has 0 radical (unpaired) electrons. The van der Waals surface area contributed by atoms with Gasteiger partial charge in [0.1, 0.15) is 0 Å². The summed E-state index contributed by atoms with van der Waals surface area (Å²) in [6.07, 6.45) is 0. The second kappa shape index (κ2) is 4.58. The van der Waals surface area contributed by atoms with Crippen molar-refractivity contribution in [3.05, 3.63) is 35.9 Å². The van der Waals surface area contributed by atoms with Crippen LogP contribution in [-0.4, -0.2) is 13.1 Å². The molecule has 16 heavy (non-hydrogen) atoms. The van der Waals surface area contributed by atoms with E-state index in [1.165, 1.54) is 5.56 Å². The Labute approximate surface area is 99.3 Å². The van der Waals surface area contributed by atoms with E-state index in [9.17, 15) is 0 Å². The average Bonchev–Trinajstić information content (AvgIpc) is 2.27. The zero-order chi connectivity index (χ0) is 11.7. The third-order valence-corrected chi connectivity index (χ3v) is 4.25. The lowest BCUT2D eigenvalue weighted by Crippen LogP contribution is -2.56. The molecule has 0 bridgehead atoms. The van der Waals surface area contributed by atoms with Gasteiger partial charge in [-0.15, -0.1) is 0 Å². The summed E-state index contributed by atoms with van der Waals surface area (Å²) in [7, 11) is 2.10. The summed E-state index contributed by atoms with van der Waals surface area (Å²) in [5.41, 5.74) is 1.51. The predicted molar refractivity (Wildman–Crippen MR) is 69.5 cm³/mol. The van der Waals surface area contributed by atoms with Gasteiger partial charge in [0.15, 0.2) is 0 Å². The summed E-state index contributed by atoms with van der Waals surface area (Å²) in [5.74, 6) is 3.01. The largest absolute Gasteiger partial charge is 0.316 e. The molecular formula is C15H23N. The smallest absolute Gasteiger partial charge is 0.0132 e. The minimum atomic E-state index is 0.685. The SMILES string of the molecule is CNC1C(C)C(c2ccccc2)C1C(C)C. The van der Waals surface area contributed by atoms with E-state index in [4.69, 9.17) is 0 Å². The first-order valence-electron chi connectivity index (χ1n) is 6.39. The molecular weight excluding hydrogens is 194 g/mol. The highest BCUT2D eigenvalue weighted by Crippen LogP contribution is 2.50. The molecule has 1 aliphatic carbocycles. The molecule has 1 heteroatoms. The van der Waals surface area contributed by atoms with E-state index in [2.05, 4.69) is 63.5 Å². The Balaban J connectivity index is 2.22. The summed E-state index contributed by atoms with van der Waals surface area (Å²) in [4.78, 5) is 0. The summed E-state index contributed by atoms with van der Waals surface area (Å²) in [5, 5.41) is 3.48. The summed E-state index contributed by atoms with van der Waals surface area (Å²) in [6.45, 7) is 7.06. The minimum Gasteiger partial charge on any atom is -0.316 e. The third kappa shape index (κ3) is 1.78. The van der Waals surface area contributed by atoms with Crippen LogP contribution < -0.4 is 5.32 Å². The highest BCUT2D eigenvalue weighted by atomic mass is 14.9. The fourth-order valence-electron chi connectivity index (χ4n) is 3.49. The van der Waals surface area contributed by atoms with Gasteiger partial charge in [0.2, 0.25) is 0 Å². The standard InChI is InChI=1S/C15H23N/c1-10(2)13-14(11(3)15(13)16-4)12-8-6-5-7-9-12/h5-11,13-16H,1-4H3. The molecule has 0 amide bonds. The molecule has 1 N–H and O–H groups in total. The molecule has 1 aromatic rings. The topological polar surface area (TPSA) is 12.0 Å². The van der Waals surface area contributed by atoms with Crippen molar-refractivity contribution in [3.8, 4) is 0 Å². The van der Waals surface area contributed by atoms with Crippen LogP contribution in [0.15, 0.2) is 30.3 Å². The second-order valence-electron chi connectivity index (χ2n) is 5.43. The van der Waals surface area contributed by atoms with Crippen LogP contribution in [0.1, 0.15) is 32.3 Å². The maximum atomic E-state index is 3.48. The first-order chi connectivity index (χ1) is 7.66. The Morgan fingerprint density at radius 1 is 1.12 bits per heavy atom. The van der Waals surface area contributed by atoms with E-state index in [-0.39, 0.29) is 0 Å². The van der Waals surface area contributed by atoms with Gasteiger partial charge in [-0.05, 0) is 36.3 Å². The van der Waals surface area contributed by atoms with Crippen molar-refractivity contribution in [1.82, 2.24) is 5.32 Å². The van der Waals surface area contributed by atoms with Gasteiger partial charge >= 0.3 is 0 Å². The van der Waals surface area contributed by atoms with Crippen molar-refractivity contribution in [3.63, 3.8) is 0 Å². The lowest BCUT2D eigenvalue weighted by Gasteiger charge is -2.53. The molecule has 0 heterocycles. The average molecular weight is 217 g/mol. The first kappa shape index (κ1) is 11.7. The van der Waals surface area contributed by atoms with E-state index >= 15 is 0 Å². The van der Waals surface area contributed by atoms with Gasteiger partial charge in [-0.2, -0.15) is 0 Å². The van der Waals surface area contributed by atoms with Gasteiger partial charge in [-0.1, -0.05) is 51.1 Å². The molecule has 1 aliphatic rings. The molecule has 1 saturated carbocycles. The van der Waals surface area contributed by atoms with E-state index in [0.717, 1.165) is 23.7 Å². The molecule has 0 aliphatic heterocycles. The van der Waals surface area contributed by atoms with Crippen molar-refractivity contribution in [2.45, 2.75) is 32.7 Å². The number of nitrogens with one attached hydrogen (secondary N) is 1. The molecule has 0 saturated heterocycles. The number of hydrogen-bond donors (Lipinski definition) is 1. The van der Waals surface area contributed by atoms with Crippen molar-refractivity contribution in [2.75, 3.05) is 7.05 Å². The fourth-order valence-corrected chi connectivity index (χ4v) is 3.49. The lowest BCUT2D eigenvalue weighted by molar-refractivity contribution is 0.0503. The monoisotopic (exact) mass is 217 g/mol. The van der Waals surface area contributed by atoms with Crippen molar-refractivity contribution in [1.29, 1.82) is 0 Å². The van der Waals surface area contributed by atoms with Crippen LogP contribution in [-0.2, 0) is 0 Å². The Morgan fingerprint density at radius 2 is 1.75 bits per heavy atom. The Morgan fingerprint density at radius 3 is 2.25 bits per heavy atom. The highest BCUT2D eigenvalue weighted by molar-refractivity contribution is 5.26. The van der Waals surface area contributed by atoms with Gasteiger partial charge in [0.25, 0.3) is 0 Å². The number of benzene rings is 1. The van der Waals surface area contributed by atoms with Crippen LogP contribution in [0.25, 0.3) is 0 Å². The number of hydrogen-bond acceptors (Lipinski definition) is 1. The summed E-state index contributed by atoms with van der Waals surface area (Å²) < 4.78 is 0. The maximum Gasteiger partial charge on any atom is 0.0132 e. The van der Waals surface area contributed by atoms with E-state index in [0.29, 0.717) is 6.04 Å². The van der Waals surface area contributed by atoms with Crippen LogP contribution in [0.3, 0.4) is 0 Å². The van der Waals surface area contributed by atoms with Crippen molar-refractivity contribution < 1.29 is 0 Å². The van der Waals surface area contributed by atoms with Crippen LogP contribution in [0.2, 0.25) is 0 Å². The molecule has 4 atom stereocenters. The molecule has 4 unspecified atom stereocenters. The normalized spacial score (nSPS) is 33.8. The zero-order valence-corrected chi connectivity index (χ0v) is 10.8. The molecule has 88 valence electrons. The number of rotatable bonds is 3. The van der Waals surface area contributed by atoms with Crippen LogP contribution >= 0.6 is 0 Å². The molecule has 2 rings (SSSR count). The van der Waals surface area contributed by atoms with Crippen LogP contribution in [0.5, 0.6) is 0 Å². The molecule has 1 aromatic carbocycles. The highest BCUT2D eigenvalue weighted by Gasteiger charge is 2.48. The lowest BCUT2D eigenvalue weighted by atomic mass is 9.55. The molecule has 1 nitrogen and oxygen atoms in total. The third-order valence-electron chi connectivity index (χ3n) is 4.25. The van der Waals surface area contributed by atoms with Crippen LogP contribution in [0.4, 0.5) is 0 Å². The fraction of sp³-hybridized carbons (Fsp3) is 0.600. The molecule has 0 aromatic heterocycles. The Kier molecular flexibility index (Phi) is 3.34. The van der Waals surface area contributed by atoms with Crippen LogP contribution in [0, 0.1) is 17.8 Å². The van der Waals surface area contributed by atoms with Crippen molar-refractivity contribution >= 4 is 0 Å². The zero-order valence-electron chi connectivity index (χ0n) is 10.8. The van der Waals surface area contributed by atoms with Gasteiger partial charge < -0.3 is 5.32 Å². The van der Waals surface area contributed by atoms with Gasteiger partial charge in [0.05, 0.1) is 0 Å². The maximum absolute atomic E-state index is 3.48. The summed E-state index contributed by atoms with van der Waals surface area (Å²) in [6, 6.07) is 11.7. The van der Waals surface area contributed by atoms with Gasteiger partial charge in [0, 0.05) is 6.04 Å².